The molecule has 6 nitrogen and oxygen atoms in total. The molecule has 0 radical (unpaired) electrons. The summed E-state index contributed by atoms with van der Waals surface area (Å²) in [5, 5.41) is 14.8. The van der Waals surface area contributed by atoms with Gasteiger partial charge in [-0.25, -0.2) is 13.1 Å². The number of aromatic nitrogens is 1. The first-order chi connectivity index (χ1) is 10.5. The molecule has 0 saturated heterocycles. The first-order valence-electron chi connectivity index (χ1n) is 6.57. The van der Waals surface area contributed by atoms with E-state index in [2.05, 4.69) is 14.4 Å². The van der Waals surface area contributed by atoms with Crippen molar-refractivity contribution in [1.82, 2.24) is 9.88 Å². The van der Waals surface area contributed by atoms with Crippen molar-refractivity contribution < 1.29 is 18.0 Å². The first-order valence-corrected chi connectivity index (χ1v) is 9.03. The molecule has 8 heteroatoms. The lowest BCUT2D eigenvalue weighted by Crippen LogP contribution is -2.29. The van der Waals surface area contributed by atoms with Crippen molar-refractivity contribution in [3.8, 4) is 0 Å². The van der Waals surface area contributed by atoms with Gasteiger partial charge >= 0.3 is 0 Å². The van der Waals surface area contributed by atoms with Crippen LogP contribution in [0.1, 0.15) is 16.7 Å². The predicted octanol–water partition coefficient (Wildman–Crippen LogP) is 2.04. The van der Waals surface area contributed by atoms with Crippen molar-refractivity contribution in [3.05, 3.63) is 53.2 Å². The highest BCUT2D eigenvalue weighted by molar-refractivity contribution is 7.88. The zero-order chi connectivity index (χ0) is 15.6. The molecule has 0 spiro atoms. The standard InChI is InChI=1S/C14H14N2O4S2/c17-12(14-7-10-3-1-2-4-13(10)21-14)8-15-22(18,19)9-11-5-6-20-16-11/h1-7,12,15,17H,8-9H2/t12-/m0/s1. The molecule has 0 saturated carbocycles. The Morgan fingerprint density at radius 2 is 2.14 bits per heavy atom. The molecule has 2 aromatic heterocycles. The Morgan fingerprint density at radius 3 is 2.86 bits per heavy atom. The molecule has 2 heterocycles. The van der Waals surface area contributed by atoms with Gasteiger partial charge in [-0.15, -0.1) is 11.3 Å². The van der Waals surface area contributed by atoms with E-state index >= 15 is 0 Å². The van der Waals surface area contributed by atoms with Crippen LogP contribution in [0, 0.1) is 0 Å². The van der Waals surface area contributed by atoms with Crippen LogP contribution in [0.2, 0.25) is 0 Å². The largest absolute Gasteiger partial charge is 0.386 e. The number of hydrogen-bond donors (Lipinski definition) is 2. The Labute approximate surface area is 131 Å². The summed E-state index contributed by atoms with van der Waals surface area (Å²) >= 11 is 1.45. The second kappa shape index (κ2) is 6.17. The highest BCUT2D eigenvalue weighted by Crippen LogP contribution is 2.29. The van der Waals surface area contributed by atoms with Crippen LogP contribution in [-0.4, -0.2) is 25.2 Å². The number of hydrogen-bond acceptors (Lipinski definition) is 6. The average molecular weight is 338 g/mol. The monoisotopic (exact) mass is 338 g/mol. The minimum Gasteiger partial charge on any atom is -0.386 e. The molecule has 22 heavy (non-hydrogen) atoms. The van der Waals surface area contributed by atoms with E-state index in [0.29, 0.717) is 5.69 Å². The van der Waals surface area contributed by atoms with Crippen LogP contribution in [-0.2, 0) is 15.8 Å². The molecule has 0 aliphatic rings. The quantitative estimate of drug-likeness (QED) is 0.717. The molecule has 0 fully saturated rings. The minimum absolute atomic E-state index is 0.0764. The third-order valence-corrected chi connectivity index (χ3v) is 5.60. The lowest BCUT2D eigenvalue weighted by Gasteiger charge is -2.10. The number of nitrogens with one attached hydrogen (secondary N) is 1. The Morgan fingerprint density at radius 1 is 1.32 bits per heavy atom. The zero-order valence-corrected chi connectivity index (χ0v) is 13.1. The van der Waals surface area contributed by atoms with Crippen molar-refractivity contribution in [3.63, 3.8) is 0 Å². The fourth-order valence-corrected chi connectivity index (χ4v) is 4.13. The summed E-state index contributed by atoms with van der Waals surface area (Å²) in [7, 11) is -3.57. The Bertz CT molecular complexity index is 823. The van der Waals surface area contributed by atoms with Gasteiger partial charge in [0.25, 0.3) is 0 Å². The average Bonchev–Trinajstić information content (AvgIpc) is 3.13. The van der Waals surface area contributed by atoms with E-state index in [4.69, 9.17) is 0 Å². The van der Waals surface area contributed by atoms with Gasteiger partial charge in [0.05, 0.1) is 5.69 Å². The molecule has 0 unspecified atom stereocenters. The fourth-order valence-electron chi connectivity index (χ4n) is 2.03. The van der Waals surface area contributed by atoms with Gasteiger partial charge in [0.1, 0.15) is 18.1 Å². The topological polar surface area (TPSA) is 92.4 Å². The van der Waals surface area contributed by atoms with Crippen molar-refractivity contribution in [2.24, 2.45) is 0 Å². The summed E-state index contributed by atoms with van der Waals surface area (Å²) < 4.78 is 31.9. The molecule has 2 N–H and O–H groups in total. The molecule has 0 bridgehead atoms. The number of nitrogens with zero attached hydrogens (tertiary/aromatic N) is 1. The van der Waals surface area contributed by atoms with E-state index in [-0.39, 0.29) is 12.3 Å². The van der Waals surface area contributed by atoms with E-state index in [1.165, 1.54) is 23.7 Å². The van der Waals surface area contributed by atoms with Crippen molar-refractivity contribution in [1.29, 1.82) is 0 Å². The van der Waals surface area contributed by atoms with Crippen LogP contribution >= 0.6 is 11.3 Å². The number of aliphatic hydroxyl groups is 1. The number of benzene rings is 1. The van der Waals surface area contributed by atoms with Gasteiger partial charge in [0.2, 0.25) is 10.0 Å². The molecule has 3 rings (SSSR count). The van der Waals surface area contributed by atoms with Crippen LogP contribution in [0.3, 0.4) is 0 Å². The Kier molecular flexibility index (Phi) is 4.25. The second-order valence-electron chi connectivity index (χ2n) is 4.80. The number of sulfonamides is 1. The lowest BCUT2D eigenvalue weighted by atomic mass is 10.2. The summed E-state index contributed by atoms with van der Waals surface area (Å²) in [5.74, 6) is -0.275. The van der Waals surface area contributed by atoms with Gasteiger partial charge in [-0.2, -0.15) is 0 Å². The summed E-state index contributed by atoms with van der Waals surface area (Å²) in [4.78, 5) is 0.727. The fraction of sp³-hybridized carbons (Fsp3) is 0.214. The normalized spacial score (nSPS) is 13.5. The molecule has 116 valence electrons. The molecule has 0 aliphatic carbocycles. The van der Waals surface area contributed by atoms with Gasteiger partial charge in [0.15, 0.2) is 0 Å². The van der Waals surface area contributed by atoms with Crippen LogP contribution in [0.5, 0.6) is 0 Å². The summed E-state index contributed by atoms with van der Waals surface area (Å²) in [6, 6.07) is 11.1. The van der Waals surface area contributed by atoms with Gasteiger partial charge in [-0.3, -0.25) is 0 Å². The van der Waals surface area contributed by atoms with Crippen molar-refractivity contribution in [2.45, 2.75) is 11.9 Å². The number of fused-ring (bicyclic) bond motifs is 1. The van der Waals surface area contributed by atoms with Crippen LogP contribution in [0.4, 0.5) is 0 Å². The predicted molar refractivity (Wildman–Crippen MR) is 83.9 cm³/mol. The summed E-state index contributed by atoms with van der Waals surface area (Å²) in [5.41, 5.74) is 0.323. The third kappa shape index (κ3) is 3.53. The first kappa shape index (κ1) is 15.2. The van der Waals surface area contributed by atoms with Gasteiger partial charge in [-0.05, 0) is 17.5 Å². The molecular formula is C14H14N2O4S2. The van der Waals surface area contributed by atoms with E-state index in [0.717, 1.165) is 15.0 Å². The molecule has 0 aliphatic heterocycles. The van der Waals surface area contributed by atoms with Crippen LogP contribution in [0.25, 0.3) is 10.1 Å². The minimum atomic E-state index is -3.57. The summed E-state index contributed by atoms with van der Waals surface area (Å²) in [6.07, 6.45) is 0.432. The van der Waals surface area contributed by atoms with Crippen LogP contribution < -0.4 is 4.72 Å². The Balaban J connectivity index is 1.65. The van der Waals surface area contributed by atoms with E-state index in [1.807, 2.05) is 30.3 Å². The molecule has 1 atom stereocenters. The highest BCUT2D eigenvalue weighted by Gasteiger charge is 2.17. The van der Waals surface area contributed by atoms with Crippen molar-refractivity contribution >= 4 is 31.4 Å². The van der Waals surface area contributed by atoms with Gasteiger partial charge < -0.3 is 9.63 Å². The molecular weight excluding hydrogens is 324 g/mol. The van der Waals surface area contributed by atoms with Crippen LogP contribution in [0.15, 0.2) is 47.2 Å². The maximum atomic E-state index is 11.9. The second-order valence-corrected chi connectivity index (χ2v) is 7.72. The third-order valence-electron chi connectivity index (χ3n) is 3.10. The maximum absolute atomic E-state index is 11.9. The lowest BCUT2D eigenvalue weighted by molar-refractivity contribution is 0.186. The van der Waals surface area contributed by atoms with Gasteiger partial charge in [-0.1, -0.05) is 23.4 Å². The van der Waals surface area contributed by atoms with E-state index in [1.54, 1.807) is 0 Å². The molecule has 1 aromatic carbocycles. The summed E-state index contributed by atoms with van der Waals surface area (Å²) in [6.45, 7) is -0.0764. The SMILES string of the molecule is O=S(=O)(Cc1ccon1)NC[C@H](O)c1cc2ccccc2s1. The maximum Gasteiger partial charge on any atom is 0.217 e. The number of aliphatic hydroxyl groups excluding tert-OH is 1. The smallest absolute Gasteiger partial charge is 0.217 e. The van der Waals surface area contributed by atoms with E-state index < -0.39 is 16.1 Å². The zero-order valence-electron chi connectivity index (χ0n) is 11.5. The van der Waals surface area contributed by atoms with E-state index in [9.17, 15) is 13.5 Å². The molecule has 0 amide bonds. The number of thiophene rings is 1. The van der Waals surface area contributed by atoms with Crippen molar-refractivity contribution in [2.75, 3.05) is 6.54 Å². The highest BCUT2D eigenvalue weighted by atomic mass is 32.2. The Hall–Kier alpha value is -1.74. The molecule has 3 aromatic rings. The van der Waals surface area contributed by atoms with Gasteiger partial charge in [0, 0.05) is 22.2 Å². The number of rotatable bonds is 6.